The van der Waals surface area contributed by atoms with Crippen molar-refractivity contribution in [2.24, 2.45) is 0 Å². The number of aromatic nitrogens is 3. The van der Waals surface area contributed by atoms with Crippen molar-refractivity contribution in [3.8, 4) is 11.5 Å². The van der Waals surface area contributed by atoms with Crippen molar-refractivity contribution in [1.82, 2.24) is 29.7 Å². The third kappa shape index (κ3) is 5.43. The van der Waals surface area contributed by atoms with Crippen LogP contribution in [0.2, 0.25) is 0 Å². The second kappa shape index (κ2) is 10.6. The minimum Gasteiger partial charge on any atom is -0.354 e. The van der Waals surface area contributed by atoms with Crippen LogP contribution in [0.4, 0.5) is 5.82 Å². The molecule has 0 saturated carbocycles. The monoisotopic (exact) mass is 457 g/mol. The highest BCUT2D eigenvalue weighted by molar-refractivity contribution is 5.58. The predicted molar refractivity (Wildman–Crippen MR) is 137 cm³/mol. The highest BCUT2D eigenvalue weighted by Crippen LogP contribution is 2.30. The van der Waals surface area contributed by atoms with Gasteiger partial charge in [0, 0.05) is 77.1 Å². The molecular formula is C27H35N7. The van der Waals surface area contributed by atoms with Gasteiger partial charge in [-0.15, -0.1) is 0 Å². The zero-order valence-electron chi connectivity index (χ0n) is 20.4. The third-order valence-electron chi connectivity index (χ3n) is 6.80. The molecule has 2 aliphatic heterocycles. The van der Waals surface area contributed by atoms with Gasteiger partial charge in [0.25, 0.3) is 0 Å². The summed E-state index contributed by atoms with van der Waals surface area (Å²) in [4.78, 5) is 24.5. The van der Waals surface area contributed by atoms with E-state index in [2.05, 4.69) is 69.0 Å². The van der Waals surface area contributed by atoms with Crippen LogP contribution in [-0.2, 0) is 19.5 Å². The fraction of sp³-hybridized carbons (Fsp3) is 0.444. The van der Waals surface area contributed by atoms with Gasteiger partial charge in [-0.3, -0.25) is 14.8 Å². The van der Waals surface area contributed by atoms with Gasteiger partial charge in [0.1, 0.15) is 11.5 Å². The molecule has 2 aromatic heterocycles. The molecule has 0 radical (unpaired) electrons. The summed E-state index contributed by atoms with van der Waals surface area (Å²) in [5.74, 6) is 1.86. The first-order valence-corrected chi connectivity index (χ1v) is 12.4. The van der Waals surface area contributed by atoms with Crippen molar-refractivity contribution in [2.45, 2.75) is 19.5 Å². The Hall–Kier alpha value is -2.87. The fourth-order valence-corrected chi connectivity index (χ4v) is 4.83. The molecule has 0 spiro atoms. The Morgan fingerprint density at radius 1 is 0.853 bits per heavy atom. The fourth-order valence-electron chi connectivity index (χ4n) is 4.83. The summed E-state index contributed by atoms with van der Waals surface area (Å²) in [6, 6.07) is 16.7. The van der Waals surface area contributed by atoms with E-state index in [4.69, 9.17) is 9.97 Å². The minimum absolute atomic E-state index is 0.751. The molecule has 0 bridgehead atoms. The topological polar surface area (TPSA) is 51.6 Å². The molecular weight excluding hydrogens is 422 g/mol. The van der Waals surface area contributed by atoms with E-state index in [-0.39, 0.29) is 0 Å². The van der Waals surface area contributed by atoms with Crippen molar-refractivity contribution < 1.29 is 0 Å². The average molecular weight is 458 g/mol. The molecule has 3 aromatic rings. The van der Waals surface area contributed by atoms with E-state index in [1.54, 1.807) is 0 Å². The van der Waals surface area contributed by atoms with E-state index in [0.29, 0.717) is 0 Å². The molecule has 7 nitrogen and oxygen atoms in total. The quantitative estimate of drug-likeness (QED) is 0.541. The van der Waals surface area contributed by atoms with Gasteiger partial charge >= 0.3 is 0 Å². The minimum atomic E-state index is 0.751. The lowest BCUT2D eigenvalue weighted by atomic mass is 10.0. The molecule has 1 fully saturated rings. The van der Waals surface area contributed by atoms with Crippen LogP contribution in [0.25, 0.3) is 11.5 Å². The number of rotatable bonds is 7. The van der Waals surface area contributed by atoms with Gasteiger partial charge in [0.2, 0.25) is 0 Å². The van der Waals surface area contributed by atoms with Gasteiger partial charge in [-0.25, -0.2) is 9.97 Å². The second-order valence-corrected chi connectivity index (χ2v) is 9.59. The molecule has 2 aliphatic rings. The molecule has 34 heavy (non-hydrogen) atoms. The predicted octanol–water partition coefficient (Wildman–Crippen LogP) is 2.78. The van der Waals surface area contributed by atoms with E-state index in [0.717, 1.165) is 82.7 Å². The smallest absolute Gasteiger partial charge is 0.180 e. The largest absolute Gasteiger partial charge is 0.354 e. The molecule has 0 aliphatic carbocycles. The Balaban J connectivity index is 1.40. The highest BCUT2D eigenvalue weighted by atomic mass is 15.3. The molecule has 1 aromatic carbocycles. The summed E-state index contributed by atoms with van der Waals surface area (Å²) in [5, 5.41) is 0. The molecule has 178 valence electrons. The van der Waals surface area contributed by atoms with Crippen LogP contribution in [0.15, 0.2) is 54.7 Å². The highest BCUT2D eigenvalue weighted by Gasteiger charge is 2.27. The van der Waals surface area contributed by atoms with Gasteiger partial charge in [0.15, 0.2) is 5.82 Å². The van der Waals surface area contributed by atoms with Crippen LogP contribution < -0.4 is 4.90 Å². The molecule has 0 atom stereocenters. The number of piperazine rings is 1. The van der Waals surface area contributed by atoms with Gasteiger partial charge in [-0.1, -0.05) is 36.4 Å². The average Bonchev–Trinajstić information content (AvgIpc) is 2.88. The molecule has 5 rings (SSSR count). The summed E-state index contributed by atoms with van der Waals surface area (Å²) < 4.78 is 0. The normalized spacial score (nSPS) is 17.2. The van der Waals surface area contributed by atoms with E-state index < -0.39 is 0 Å². The summed E-state index contributed by atoms with van der Waals surface area (Å²) in [7, 11) is 4.29. The maximum absolute atomic E-state index is 5.12. The van der Waals surface area contributed by atoms with E-state index in [9.17, 15) is 0 Å². The number of benzene rings is 1. The summed E-state index contributed by atoms with van der Waals surface area (Å²) in [5.41, 5.74) is 4.68. The number of fused-ring (bicyclic) bond motifs is 1. The van der Waals surface area contributed by atoms with Gasteiger partial charge in [-0.2, -0.15) is 0 Å². The Bertz CT molecular complexity index is 1060. The van der Waals surface area contributed by atoms with E-state index >= 15 is 0 Å². The SMILES string of the molecule is CN(C)CCN1CCN(c2nc(-c3ccccn3)nc3c2CN(Cc2ccccc2)CC3)CC1. The van der Waals surface area contributed by atoms with E-state index in [1.807, 2.05) is 24.4 Å². The lowest BCUT2D eigenvalue weighted by Crippen LogP contribution is -2.49. The Morgan fingerprint density at radius 3 is 2.38 bits per heavy atom. The zero-order chi connectivity index (χ0) is 23.3. The molecule has 0 unspecified atom stereocenters. The van der Waals surface area contributed by atoms with Crippen LogP contribution >= 0.6 is 0 Å². The maximum atomic E-state index is 5.12. The van der Waals surface area contributed by atoms with Crippen LogP contribution in [0.3, 0.4) is 0 Å². The van der Waals surface area contributed by atoms with Crippen LogP contribution in [0.5, 0.6) is 0 Å². The molecule has 7 heteroatoms. The van der Waals surface area contributed by atoms with Crippen molar-refractivity contribution >= 4 is 5.82 Å². The van der Waals surface area contributed by atoms with Crippen molar-refractivity contribution in [3.63, 3.8) is 0 Å². The van der Waals surface area contributed by atoms with Crippen LogP contribution in [-0.4, -0.2) is 89.6 Å². The standard InChI is InChI=1S/C27H35N7/c1-31(2)14-15-32-16-18-34(19-17-32)27-23-21-33(20-22-8-4-3-5-9-22)13-11-24(23)29-26(30-27)25-10-6-7-12-28-25/h3-10,12H,11,13-21H2,1-2H3. The number of hydrogen-bond donors (Lipinski definition) is 0. The second-order valence-electron chi connectivity index (χ2n) is 9.59. The van der Waals surface area contributed by atoms with Gasteiger partial charge in [0.05, 0.1) is 5.69 Å². The Labute approximate surface area is 203 Å². The Kier molecular flexibility index (Phi) is 7.13. The molecule has 4 heterocycles. The molecule has 0 N–H and O–H groups in total. The first-order valence-electron chi connectivity index (χ1n) is 12.4. The van der Waals surface area contributed by atoms with E-state index in [1.165, 1.54) is 16.8 Å². The van der Waals surface area contributed by atoms with Crippen molar-refractivity contribution in [3.05, 3.63) is 71.5 Å². The third-order valence-corrected chi connectivity index (χ3v) is 6.80. The zero-order valence-corrected chi connectivity index (χ0v) is 20.4. The lowest BCUT2D eigenvalue weighted by molar-refractivity contribution is 0.226. The molecule has 0 amide bonds. The van der Waals surface area contributed by atoms with Gasteiger partial charge in [-0.05, 0) is 31.8 Å². The number of pyridine rings is 1. The number of anilines is 1. The van der Waals surface area contributed by atoms with Crippen molar-refractivity contribution in [2.75, 3.05) is 64.8 Å². The molecule has 1 saturated heterocycles. The lowest BCUT2D eigenvalue weighted by Gasteiger charge is -2.38. The Morgan fingerprint density at radius 2 is 1.65 bits per heavy atom. The van der Waals surface area contributed by atoms with Crippen molar-refractivity contribution in [1.29, 1.82) is 0 Å². The number of likely N-dealkylation sites (N-methyl/N-ethyl adjacent to an activating group) is 1. The summed E-state index contributed by atoms with van der Waals surface area (Å²) in [6.07, 6.45) is 2.77. The maximum Gasteiger partial charge on any atom is 0.180 e. The summed E-state index contributed by atoms with van der Waals surface area (Å²) >= 11 is 0. The first-order chi connectivity index (χ1) is 16.7. The van der Waals surface area contributed by atoms with Gasteiger partial charge < -0.3 is 9.80 Å². The number of nitrogens with zero attached hydrogens (tertiary/aromatic N) is 7. The number of hydrogen-bond acceptors (Lipinski definition) is 7. The summed E-state index contributed by atoms with van der Waals surface area (Å²) in [6.45, 7) is 9.21. The first kappa shape index (κ1) is 22.9. The van der Waals surface area contributed by atoms with Crippen LogP contribution in [0, 0.1) is 0 Å². The van der Waals surface area contributed by atoms with Crippen LogP contribution in [0.1, 0.15) is 16.8 Å².